The number of anilines is 1. The minimum absolute atomic E-state index is 0.600. The zero-order valence-corrected chi connectivity index (χ0v) is 10.7. The van der Waals surface area contributed by atoms with Crippen LogP contribution in [0.4, 0.5) is 5.69 Å². The second-order valence-corrected chi connectivity index (χ2v) is 10.8. The molecule has 0 fully saturated rings. The van der Waals surface area contributed by atoms with Gasteiger partial charge in [-0.25, -0.2) is 0 Å². The fourth-order valence-electron chi connectivity index (χ4n) is 1.99. The molecule has 1 unspecified atom stereocenters. The maximum atomic E-state index is 5.96. The molecule has 0 bridgehead atoms. The minimum atomic E-state index is -0.982. The van der Waals surface area contributed by atoms with E-state index in [9.17, 15) is 0 Å². The van der Waals surface area contributed by atoms with Crippen molar-refractivity contribution in [1.82, 2.24) is 0 Å². The first-order valence-corrected chi connectivity index (χ1v) is 8.95. The summed E-state index contributed by atoms with van der Waals surface area (Å²) in [5.41, 5.74) is 8.21. The Bertz CT molecular complexity index is 301. The molecule has 1 rings (SSSR count). The lowest BCUT2D eigenvalue weighted by atomic mass is 10.0. The molecule has 1 aromatic rings. The van der Waals surface area contributed by atoms with E-state index < -0.39 is 8.07 Å². The highest BCUT2D eigenvalue weighted by Gasteiger charge is 2.19. The van der Waals surface area contributed by atoms with Gasteiger partial charge in [-0.2, -0.15) is 0 Å². The molecule has 0 saturated heterocycles. The highest BCUT2D eigenvalue weighted by atomic mass is 28.3. The number of nitrogen functional groups attached to an aromatic ring is 1. The first kappa shape index (κ1) is 11.3. The van der Waals surface area contributed by atoms with Gasteiger partial charge in [-0.05, 0) is 17.5 Å². The highest BCUT2D eigenvalue weighted by molar-refractivity contribution is 6.76. The fraction of sp³-hybridized carbons (Fsp3) is 0.500. The van der Waals surface area contributed by atoms with E-state index >= 15 is 0 Å². The van der Waals surface area contributed by atoms with E-state index in [0.29, 0.717) is 5.92 Å². The van der Waals surface area contributed by atoms with Crippen molar-refractivity contribution >= 4 is 13.8 Å². The Labute approximate surface area is 88.3 Å². The summed E-state index contributed by atoms with van der Waals surface area (Å²) in [7, 11) is -0.982. The smallest absolute Gasteiger partial charge is 0.0448 e. The standard InChI is InChI=1S/C12H21NSi/c1-10(9-14(2,3)4)11-7-5-6-8-12(11)13/h5-8,10H,9,13H2,1-4H3. The number of hydrogen-bond acceptors (Lipinski definition) is 1. The molecular formula is C12H21NSi. The van der Waals surface area contributed by atoms with Gasteiger partial charge in [0, 0.05) is 13.8 Å². The first-order valence-electron chi connectivity index (χ1n) is 5.24. The molecule has 1 nitrogen and oxygen atoms in total. The predicted octanol–water partition coefficient (Wildman–Crippen LogP) is 3.71. The topological polar surface area (TPSA) is 26.0 Å². The van der Waals surface area contributed by atoms with Crippen LogP contribution >= 0.6 is 0 Å². The molecule has 2 N–H and O–H groups in total. The van der Waals surface area contributed by atoms with E-state index in [2.05, 4.69) is 38.7 Å². The molecule has 0 amide bonds. The van der Waals surface area contributed by atoms with Crippen LogP contribution in [0.2, 0.25) is 25.7 Å². The number of para-hydroxylation sites is 1. The van der Waals surface area contributed by atoms with Gasteiger partial charge in [0.25, 0.3) is 0 Å². The lowest BCUT2D eigenvalue weighted by Crippen LogP contribution is -2.22. The van der Waals surface area contributed by atoms with Gasteiger partial charge in [0.15, 0.2) is 0 Å². The number of benzene rings is 1. The summed E-state index contributed by atoms with van der Waals surface area (Å²) in [5, 5.41) is 0. The molecule has 0 spiro atoms. The van der Waals surface area contributed by atoms with Gasteiger partial charge in [0.05, 0.1) is 0 Å². The lowest BCUT2D eigenvalue weighted by Gasteiger charge is -2.22. The molecule has 0 aliphatic rings. The van der Waals surface area contributed by atoms with Crippen molar-refractivity contribution in [2.75, 3.05) is 5.73 Å². The van der Waals surface area contributed by atoms with Crippen LogP contribution in [0.25, 0.3) is 0 Å². The third-order valence-corrected chi connectivity index (χ3v) is 4.28. The number of hydrogen-bond donors (Lipinski definition) is 1. The first-order chi connectivity index (χ1) is 6.40. The van der Waals surface area contributed by atoms with E-state index in [-0.39, 0.29) is 0 Å². The normalized spacial score (nSPS) is 14.0. The van der Waals surface area contributed by atoms with E-state index in [1.165, 1.54) is 11.6 Å². The molecule has 1 aromatic carbocycles. The second kappa shape index (κ2) is 4.18. The summed E-state index contributed by atoms with van der Waals surface area (Å²) < 4.78 is 0. The van der Waals surface area contributed by atoms with Crippen molar-refractivity contribution < 1.29 is 0 Å². The monoisotopic (exact) mass is 207 g/mol. The molecule has 0 aliphatic heterocycles. The highest BCUT2D eigenvalue weighted by Crippen LogP contribution is 2.29. The van der Waals surface area contributed by atoms with Crippen LogP contribution in [0.15, 0.2) is 24.3 Å². The largest absolute Gasteiger partial charge is 0.398 e. The van der Waals surface area contributed by atoms with E-state index in [4.69, 9.17) is 5.73 Å². The van der Waals surface area contributed by atoms with Crippen molar-refractivity contribution in [3.8, 4) is 0 Å². The Hall–Kier alpha value is -0.763. The molecule has 0 heterocycles. The van der Waals surface area contributed by atoms with Gasteiger partial charge in [-0.15, -0.1) is 0 Å². The molecule has 0 radical (unpaired) electrons. The zero-order chi connectivity index (χ0) is 10.8. The maximum absolute atomic E-state index is 5.96. The third-order valence-electron chi connectivity index (χ3n) is 2.45. The average Bonchev–Trinajstić information content (AvgIpc) is 2.01. The zero-order valence-electron chi connectivity index (χ0n) is 9.67. The van der Waals surface area contributed by atoms with Crippen LogP contribution < -0.4 is 5.73 Å². The molecule has 0 aromatic heterocycles. The van der Waals surface area contributed by atoms with Crippen molar-refractivity contribution in [1.29, 1.82) is 0 Å². The minimum Gasteiger partial charge on any atom is -0.398 e. The summed E-state index contributed by atoms with van der Waals surface area (Å²) in [4.78, 5) is 0. The number of rotatable bonds is 3. The number of nitrogens with two attached hydrogens (primary N) is 1. The predicted molar refractivity (Wildman–Crippen MR) is 67.4 cm³/mol. The SMILES string of the molecule is CC(C[Si](C)(C)C)c1ccccc1N. The van der Waals surface area contributed by atoms with Gasteiger partial charge < -0.3 is 5.73 Å². The van der Waals surface area contributed by atoms with Crippen molar-refractivity contribution in [2.24, 2.45) is 0 Å². The van der Waals surface area contributed by atoms with Crippen LogP contribution in [-0.4, -0.2) is 8.07 Å². The Balaban J connectivity index is 2.80. The Morgan fingerprint density at radius 3 is 2.29 bits per heavy atom. The molecule has 0 aliphatic carbocycles. The van der Waals surface area contributed by atoms with Gasteiger partial charge in [-0.3, -0.25) is 0 Å². The third kappa shape index (κ3) is 3.18. The molecule has 78 valence electrons. The van der Waals surface area contributed by atoms with E-state index in [1.807, 2.05) is 12.1 Å². The lowest BCUT2D eigenvalue weighted by molar-refractivity contribution is 0.848. The van der Waals surface area contributed by atoms with Crippen molar-refractivity contribution in [2.45, 2.75) is 38.5 Å². The molecule has 2 heteroatoms. The molecule has 0 saturated carbocycles. The molecule has 1 atom stereocenters. The summed E-state index contributed by atoms with van der Waals surface area (Å²) in [5.74, 6) is 0.600. The van der Waals surface area contributed by atoms with Crippen LogP contribution in [0, 0.1) is 0 Å². The Kier molecular flexibility index (Phi) is 3.37. The second-order valence-electron chi connectivity index (χ2n) is 5.29. The Morgan fingerprint density at radius 2 is 1.79 bits per heavy atom. The summed E-state index contributed by atoms with van der Waals surface area (Å²) in [6.07, 6.45) is 0. The summed E-state index contributed by atoms with van der Waals surface area (Å²) in [6, 6.07) is 9.53. The van der Waals surface area contributed by atoms with Crippen LogP contribution in [0.1, 0.15) is 18.4 Å². The van der Waals surface area contributed by atoms with E-state index in [1.54, 1.807) is 0 Å². The Morgan fingerprint density at radius 1 is 1.21 bits per heavy atom. The van der Waals surface area contributed by atoms with Gasteiger partial charge in [0.2, 0.25) is 0 Å². The summed E-state index contributed by atoms with van der Waals surface area (Å²) >= 11 is 0. The van der Waals surface area contributed by atoms with Gasteiger partial charge in [0.1, 0.15) is 0 Å². The van der Waals surface area contributed by atoms with E-state index in [0.717, 1.165) is 5.69 Å². The molecular weight excluding hydrogens is 186 g/mol. The molecule has 14 heavy (non-hydrogen) atoms. The van der Waals surface area contributed by atoms with Crippen LogP contribution in [-0.2, 0) is 0 Å². The van der Waals surface area contributed by atoms with Crippen LogP contribution in [0.3, 0.4) is 0 Å². The van der Waals surface area contributed by atoms with Gasteiger partial charge >= 0.3 is 0 Å². The van der Waals surface area contributed by atoms with Crippen molar-refractivity contribution in [3.05, 3.63) is 29.8 Å². The van der Waals surface area contributed by atoms with Crippen LogP contribution in [0.5, 0.6) is 0 Å². The summed E-state index contributed by atoms with van der Waals surface area (Å²) in [6.45, 7) is 9.50. The van der Waals surface area contributed by atoms with Gasteiger partial charge in [-0.1, -0.05) is 50.8 Å². The maximum Gasteiger partial charge on any atom is 0.0448 e. The fourth-order valence-corrected chi connectivity index (χ4v) is 4.05. The quantitative estimate of drug-likeness (QED) is 0.593. The van der Waals surface area contributed by atoms with Crippen molar-refractivity contribution in [3.63, 3.8) is 0 Å². The average molecular weight is 207 g/mol.